The van der Waals surface area contributed by atoms with Crippen LogP contribution in [0.3, 0.4) is 0 Å². The molecule has 1 aliphatic rings. The first-order chi connectivity index (χ1) is 8.21. The lowest BCUT2D eigenvalue weighted by atomic mass is 10.0. The Kier molecular flexibility index (Phi) is 3.43. The van der Waals surface area contributed by atoms with Crippen LogP contribution in [0.2, 0.25) is 0 Å². The summed E-state index contributed by atoms with van der Waals surface area (Å²) in [5, 5.41) is 10.1. The van der Waals surface area contributed by atoms with E-state index in [4.69, 9.17) is 14.2 Å². The molecular weight excluding hydrogens is 220 g/mol. The predicted molar refractivity (Wildman–Crippen MR) is 63.8 cm³/mol. The fourth-order valence-corrected chi connectivity index (χ4v) is 1.96. The summed E-state index contributed by atoms with van der Waals surface area (Å²) in [6.07, 6.45) is 1.72. The molecule has 1 aromatic rings. The minimum absolute atomic E-state index is 0.373. The van der Waals surface area contributed by atoms with Crippen molar-refractivity contribution >= 4 is 0 Å². The Hall–Kier alpha value is -1.42. The van der Waals surface area contributed by atoms with E-state index >= 15 is 0 Å². The molecule has 0 amide bonds. The Morgan fingerprint density at radius 2 is 1.59 bits per heavy atom. The molecular formula is C13H18O4. The van der Waals surface area contributed by atoms with Gasteiger partial charge in [0.2, 0.25) is 5.75 Å². The second-order valence-electron chi connectivity index (χ2n) is 4.24. The summed E-state index contributed by atoms with van der Waals surface area (Å²) in [7, 11) is 4.71. The molecule has 1 N–H and O–H groups in total. The molecule has 2 rings (SSSR count). The molecule has 0 heterocycles. The largest absolute Gasteiger partial charge is 0.493 e. The molecule has 4 nitrogen and oxygen atoms in total. The quantitative estimate of drug-likeness (QED) is 0.854. The van der Waals surface area contributed by atoms with Crippen LogP contribution in [0.15, 0.2) is 12.1 Å². The van der Waals surface area contributed by atoms with E-state index in [1.165, 1.54) is 0 Å². The highest BCUT2D eigenvalue weighted by Gasteiger charge is 2.32. The molecule has 4 heteroatoms. The van der Waals surface area contributed by atoms with Crippen molar-refractivity contribution in [3.63, 3.8) is 0 Å². The normalized spacial score (nSPS) is 16.5. The van der Waals surface area contributed by atoms with Gasteiger partial charge in [-0.3, -0.25) is 0 Å². The van der Waals surface area contributed by atoms with E-state index in [9.17, 15) is 5.11 Å². The van der Waals surface area contributed by atoms with Gasteiger partial charge < -0.3 is 19.3 Å². The summed E-state index contributed by atoms with van der Waals surface area (Å²) in [5.41, 5.74) is 0.821. The highest BCUT2D eigenvalue weighted by Crippen LogP contribution is 2.45. The van der Waals surface area contributed by atoms with Crippen LogP contribution < -0.4 is 14.2 Å². The number of rotatable bonds is 5. The Morgan fingerprint density at radius 1 is 1.06 bits per heavy atom. The van der Waals surface area contributed by atoms with Gasteiger partial charge in [-0.05, 0) is 36.5 Å². The molecule has 94 valence electrons. The highest BCUT2D eigenvalue weighted by atomic mass is 16.5. The lowest BCUT2D eigenvalue weighted by Crippen LogP contribution is -2.02. The Bertz CT molecular complexity index is 373. The van der Waals surface area contributed by atoms with Crippen molar-refractivity contribution < 1.29 is 19.3 Å². The summed E-state index contributed by atoms with van der Waals surface area (Å²) < 4.78 is 15.7. The fraction of sp³-hybridized carbons (Fsp3) is 0.538. The number of aliphatic hydroxyl groups excluding tert-OH is 1. The number of aliphatic hydroxyl groups is 1. The number of methoxy groups -OCH3 is 3. The van der Waals surface area contributed by atoms with Gasteiger partial charge in [0.15, 0.2) is 11.5 Å². The second-order valence-corrected chi connectivity index (χ2v) is 4.24. The molecule has 1 aromatic carbocycles. The summed E-state index contributed by atoms with van der Waals surface area (Å²) in [6, 6.07) is 3.62. The third kappa shape index (κ3) is 2.31. The van der Waals surface area contributed by atoms with E-state index in [0.717, 1.165) is 18.4 Å². The Labute approximate surface area is 101 Å². The first-order valence-corrected chi connectivity index (χ1v) is 5.69. The zero-order chi connectivity index (χ0) is 12.4. The Balaban J connectivity index is 2.40. The van der Waals surface area contributed by atoms with Crippen molar-refractivity contribution in [3.05, 3.63) is 17.7 Å². The lowest BCUT2D eigenvalue weighted by Gasteiger charge is -2.16. The van der Waals surface area contributed by atoms with Crippen LogP contribution in [0.25, 0.3) is 0 Å². The van der Waals surface area contributed by atoms with Gasteiger partial charge in [-0.2, -0.15) is 0 Å². The maximum atomic E-state index is 10.1. The van der Waals surface area contributed by atoms with Gasteiger partial charge in [-0.1, -0.05) is 0 Å². The average Bonchev–Trinajstić information content (AvgIpc) is 3.20. The van der Waals surface area contributed by atoms with Crippen molar-refractivity contribution in [2.24, 2.45) is 5.92 Å². The molecule has 0 radical (unpaired) electrons. The van der Waals surface area contributed by atoms with Crippen molar-refractivity contribution in [3.8, 4) is 17.2 Å². The van der Waals surface area contributed by atoms with Crippen LogP contribution >= 0.6 is 0 Å². The molecule has 0 aromatic heterocycles. The maximum absolute atomic E-state index is 10.1. The smallest absolute Gasteiger partial charge is 0.203 e. The van der Waals surface area contributed by atoms with Crippen LogP contribution in [0.5, 0.6) is 17.2 Å². The van der Waals surface area contributed by atoms with E-state index < -0.39 is 6.10 Å². The van der Waals surface area contributed by atoms with Gasteiger partial charge in [-0.25, -0.2) is 0 Å². The molecule has 0 aliphatic heterocycles. The minimum Gasteiger partial charge on any atom is -0.493 e. The van der Waals surface area contributed by atoms with Gasteiger partial charge in [0, 0.05) is 0 Å². The van der Waals surface area contributed by atoms with Crippen LogP contribution in [0.4, 0.5) is 0 Å². The molecule has 0 saturated heterocycles. The first kappa shape index (κ1) is 12.0. The molecule has 0 spiro atoms. The molecule has 1 fully saturated rings. The van der Waals surface area contributed by atoms with Crippen LogP contribution in [0.1, 0.15) is 24.5 Å². The number of hydrogen-bond donors (Lipinski definition) is 1. The number of hydrogen-bond acceptors (Lipinski definition) is 4. The summed E-state index contributed by atoms with van der Waals surface area (Å²) in [6.45, 7) is 0. The van der Waals surface area contributed by atoms with Gasteiger partial charge in [0.25, 0.3) is 0 Å². The molecule has 1 aliphatic carbocycles. The topological polar surface area (TPSA) is 47.9 Å². The number of benzene rings is 1. The SMILES string of the molecule is COc1cc(C(O)C2CC2)cc(OC)c1OC. The predicted octanol–water partition coefficient (Wildman–Crippen LogP) is 2.16. The highest BCUT2D eigenvalue weighted by molar-refractivity contribution is 5.54. The molecule has 17 heavy (non-hydrogen) atoms. The van der Waals surface area contributed by atoms with Gasteiger partial charge in [0.1, 0.15) is 0 Å². The van der Waals surface area contributed by atoms with E-state index in [1.54, 1.807) is 21.3 Å². The standard InChI is InChI=1S/C13H18O4/c1-15-10-6-9(12(14)8-4-5-8)7-11(16-2)13(10)17-3/h6-8,12,14H,4-5H2,1-3H3. The van der Waals surface area contributed by atoms with Crippen molar-refractivity contribution in [2.45, 2.75) is 18.9 Å². The summed E-state index contributed by atoms with van der Waals surface area (Å²) >= 11 is 0. The van der Waals surface area contributed by atoms with E-state index in [0.29, 0.717) is 23.2 Å². The van der Waals surface area contributed by atoms with Gasteiger partial charge >= 0.3 is 0 Å². The van der Waals surface area contributed by atoms with Gasteiger partial charge in [0.05, 0.1) is 27.4 Å². The molecule has 1 saturated carbocycles. The first-order valence-electron chi connectivity index (χ1n) is 5.69. The third-order valence-electron chi connectivity index (χ3n) is 3.10. The Morgan fingerprint density at radius 3 is 1.94 bits per heavy atom. The maximum Gasteiger partial charge on any atom is 0.203 e. The van der Waals surface area contributed by atoms with Crippen molar-refractivity contribution in [1.82, 2.24) is 0 Å². The third-order valence-corrected chi connectivity index (χ3v) is 3.10. The molecule has 1 atom stereocenters. The van der Waals surface area contributed by atoms with Crippen molar-refractivity contribution in [2.75, 3.05) is 21.3 Å². The van der Waals surface area contributed by atoms with E-state index in [1.807, 2.05) is 12.1 Å². The lowest BCUT2D eigenvalue weighted by molar-refractivity contribution is 0.153. The molecule has 0 bridgehead atoms. The van der Waals surface area contributed by atoms with E-state index in [-0.39, 0.29) is 0 Å². The van der Waals surface area contributed by atoms with Crippen LogP contribution in [-0.2, 0) is 0 Å². The average molecular weight is 238 g/mol. The monoisotopic (exact) mass is 238 g/mol. The summed E-state index contributed by atoms with van der Waals surface area (Å²) in [5.74, 6) is 2.10. The molecule has 1 unspecified atom stereocenters. The van der Waals surface area contributed by atoms with Gasteiger partial charge in [-0.15, -0.1) is 0 Å². The fourth-order valence-electron chi connectivity index (χ4n) is 1.96. The minimum atomic E-state index is -0.441. The number of ether oxygens (including phenoxy) is 3. The second kappa shape index (κ2) is 4.84. The van der Waals surface area contributed by atoms with E-state index in [2.05, 4.69) is 0 Å². The zero-order valence-corrected chi connectivity index (χ0v) is 10.4. The summed E-state index contributed by atoms with van der Waals surface area (Å²) in [4.78, 5) is 0. The van der Waals surface area contributed by atoms with Crippen LogP contribution in [0, 0.1) is 5.92 Å². The zero-order valence-electron chi connectivity index (χ0n) is 10.4. The van der Waals surface area contributed by atoms with Crippen molar-refractivity contribution in [1.29, 1.82) is 0 Å². The van der Waals surface area contributed by atoms with Crippen LogP contribution in [-0.4, -0.2) is 26.4 Å².